The van der Waals surface area contributed by atoms with Gasteiger partial charge in [0.1, 0.15) is 6.04 Å². The molecule has 1 saturated heterocycles. The maximum absolute atomic E-state index is 12.2. The first-order valence-electron chi connectivity index (χ1n) is 6.32. The van der Waals surface area contributed by atoms with Crippen LogP contribution in [0.15, 0.2) is 0 Å². The summed E-state index contributed by atoms with van der Waals surface area (Å²) in [6.07, 6.45) is 5.79. The van der Waals surface area contributed by atoms with Crippen molar-refractivity contribution in [1.29, 1.82) is 0 Å². The Labute approximate surface area is 96.4 Å². The molecule has 2 fully saturated rings. The van der Waals surface area contributed by atoms with Gasteiger partial charge in [0, 0.05) is 19.0 Å². The topological polar surface area (TPSA) is 49.4 Å². The van der Waals surface area contributed by atoms with Crippen LogP contribution in [-0.2, 0) is 9.59 Å². The van der Waals surface area contributed by atoms with E-state index in [1.165, 1.54) is 12.8 Å². The van der Waals surface area contributed by atoms with E-state index >= 15 is 0 Å². The summed E-state index contributed by atoms with van der Waals surface area (Å²) in [5, 5.41) is 2.80. The van der Waals surface area contributed by atoms with Crippen molar-refractivity contribution in [3.8, 4) is 0 Å². The first-order valence-corrected chi connectivity index (χ1v) is 6.32. The van der Waals surface area contributed by atoms with Crippen LogP contribution in [0.4, 0.5) is 0 Å². The zero-order chi connectivity index (χ0) is 11.5. The summed E-state index contributed by atoms with van der Waals surface area (Å²) in [7, 11) is 0. The number of hydrogen-bond donors (Lipinski definition) is 1. The summed E-state index contributed by atoms with van der Waals surface area (Å²) in [6.45, 7) is 2.55. The summed E-state index contributed by atoms with van der Waals surface area (Å²) in [4.78, 5) is 25.6. The van der Waals surface area contributed by atoms with E-state index < -0.39 is 0 Å². The van der Waals surface area contributed by atoms with Gasteiger partial charge in [-0.15, -0.1) is 0 Å². The van der Waals surface area contributed by atoms with Gasteiger partial charge >= 0.3 is 0 Å². The van der Waals surface area contributed by atoms with Crippen LogP contribution in [0, 0.1) is 0 Å². The monoisotopic (exact) mass is 224 g/mol. The molecule has 2 rings (SSSR count). The smallest absolute Gasteiger partial charge is 0.245 e. The van der Waals surface area contributed by atoms with Crippen molar-refractivity contribution >= 4 is 11.8 Å². The van der Waals surface area contributed by atoms with E-state index in [4.69, 9.17) is 0 Å². The van der Waals surface area contributed by atoms with Gasteiger partial charge in [-0.1, -0.05) is 19.8 Å². The van der Waals surface area contributed by atoms with Crippen LogP contribution in [0.1, 0.15) is 45.4 Å². The third kappa shape index (κ3) is 2.20. The Bertz CT molecular complexity index is 285. The molecule has 1 saturated carbocycles. The largest absolute Gasteiger partial charge is 0.344 e. The minimum Gasteiger partial charge on any atom is -0.344 e. The number of nitrogens with one attached hydrogen (secondary N) is 1. The second-order valence-corrected chi connectivity index (χ2v) is 4.75. The van der Waals surface area contributed by atoms with Crippen molar-refractivity contribution in [1.82, 2.24) is 10.2 Å². The number of nitrogens with zero attached hydrogens (tertiary/aromatic N) is 1. The van der Waals surface area contributed by atoms with Gasteiger partial charge in [-0.3, -0.25) is 9.59 Å². The molecule has 0 spiro atoms. The molecular weight excluding hydrogens is 204 g/mol. The molecule has 0 aromatic heterocycles. The molecule has 2 amide bonds. The highest BCUT2D eigenvalue weighted by Gasteiger charge is 2.33. The van der Waals surface area contributed by atoms with Crippen LogP contribution < -0.4 is 5.32 Å². The lowest BCUT2D eigenvalue weighted by Gasteiger charge is -2.29. The van der Waals surface area contributed by atoms with E-state index in [0.29, 0.717) is 25.4 Å². The number of amides is 2. The predicted octanol–water partition coefficient (Wildman–Crippen LogP) is 1.06. The second-order valence-electron chi connectivity index (χ2n) is 4.75. The second kappa shape index (κ2) is 4.85. The van der Waals surface area contributed by atoms with Crippen molar-refractivity contribution in [2.75, 3.05) is 6.54 Å². The highest BCUT2D eigenvalue weighted by atomic mass is 16.2. The molecule has 4 heteroatoms. The van der Waals surface area contributed by atoms with Crippen LogP contribution in [-0.4, -0.2) is 35.3 Å². The van der Waals surface area contributed by atoms with Gasteiger partial charge in [-0.25, -0.2) is 0 Å². The predicted molar refractivity (Wildman–Crippen MR) is 60.8 cm³/mol. The number of carbonyl (C=O) groups is 2. The molecule has 90 valence electrons. The average molecular weight is 224 g/mol. The Hall–Kier alpha value is -1.06. The van der Waals surface area contributed by atoms with E-state index in [9.17, 15) is 9.59 Å². The molecule has 1 aliphatic heterocycles. The van der Waals surface area contributed by atoms with Crippen molar-refractivity contribution in [3.63, 3.8) is 0 Å². The van der Waals surface area contributed by atoms with Gasteiger partial charge in [-0.2, -0.15) is 0 Å². The fraction of sp³-hybridized carbons (Fsp3) is 0.833. The summed E-state index contributed by atoms with van der Waals surface area (Å²) >= 11 is 0. The summed E-state index contributed by atoms with van der Waals surface area (Å²) in [5.74, 6) is 0.140. The Morgan fingerprint density at radius 3 is 2.62 bits per heavy atom. The SMILES string of the molecule is CCC1NC(=O)CCN(C2CCCC2)C1=O. The minimum absolute atomic E-state index is 0.0145. The van der Waals surface area contributed by atoms with Crippen molar-refractivity contribution in [2.45, 2.75) is 57.5 Å². The van der Waals surface area contributed by atoms with Crippen LogP contribution in [0.25, 0.3) is 0 Å². The quantitative estimate of drug-likeness (QED) is 0.762. The molecule has 2 aliphatic rings. The van der Waals surface area contributed by atoms with Gasteiger partial charge in [-0.05, 0) is 19.3 Å². The van der Waals surface area contributed by atoms with Gasteiger partial charge in [0.05, 0.1) is 0 Å². The fourth-order valence-corrected chi connectivity index (χ4v) is 2.72. The molecule has 0 radical (unpaired) electrons. The van der Waals surface area contributed by atoms with Crippen LogP contribution in [0.3, 0.4) is 0 Å². The highest BCUT2D eigenvalue weighted by molar-refractivity contribution is 5.90. The lowest BCUT2D eigenvalue weighted by Crippen LogP contribution is -2.47. The van der Waals surface area contributed by atoms with Crippen LogP contribution in [0.2, 0.25) is 0 Å². The molecule has 0 bridgehead atoms. The average Bonchev–Trinajstić information content (AvgIpc) is 2.75. The van der Waals surface area contributed by atoms with Crippen molar-refractivity contribution in [3.05, 3.63) is 0 Å². The standard InChI is InChI=1S/C12H20N2O2/c1-2-10-12(16)14(8-7-11(15)13-10)9-5-3-4-6-9/h9-10H,2-8H2,1H3,(H,13,15). The molecule has 1 N–H and O–H groups in total. The van der Waals surface area contributed by atoms with E-state index in [2.05, 4.69) is 5.32 Å². The van der Waals surface area contributed by atoms with E-state index in [1.807, 2.05) is 11.8 Å². The Balaban J connectivity index is 2.10. The Morgan fingerprint density at radius 2 is 2.00 bits per heavy atom. The maximum Gasteiger partial charge on any atom is 0.245 e. The van der Waals surface area contributed by atoms with Crippen molar-refractivity contribution in [2.24, 2.45) is 0 Å². The first-order chi connectivity index (χ1) is 7.72. The van der Waals surface area contributed by atoms with E-state index in [-0.39, 0.29) is 17.9 Å². The molecule has 1 heterocycles. The molecule has 1 aliphatic carbocycles. The minimum atomic E-state index is -0.296. The third-order valence-electron chi connectivity index (χ3n) is 3.67. The lowest BCUT2D eigenvalue weighted by atomic mass is 10.1. The first kappa shape index (κ1) is 11.4. The normalized spacial score (nSPS) is 28.1. The maximum atomic E-state index is 12.2. The van der Waals surface area contributed by atoms with Gasteiger partial charge in [0.15, 0.2) is 0 Å². The third-order valence-corrected chi connectivity index (χ3v) is 3.67. The zero-order valence-electron chi connectivity index (χ0n) is 9.87. The molecule has 1 atom stereocenters. The van der Waals surface area contributed by atoms with Gasteiger partial charge in [0.2, 0.25) is 11.8 Å². The molecule has 0 aromatic carbocycles. The highest BCUT2D eigenvalue weighted by Crippen LogP contribution is 2.25. The number of hydrogen-bond acceptors (Lipinski definition) is 2. The van der Waals surface area contributed by atoms with Gasteiger partial charge < -0.3 is 10.2 Å². The molecule has 0 aromatic rings. The molecule has 1 unspecified atom stereocenters. The molecule has 16 heavy (non-hydrogen) atoms. The molecule has 4 nitrogen and oxygen atoms in total. The van der Waals surface area contributed by atoms with Crippen LogP contribution in [0.5, 0.6) is 0 Å². The zero-order valence-corrected chi connectivity index (χ0v) is 9.87. The number of carbonyl (C=O) groups excluding carboxylic acids is 2. The summed E-state index contributed by atoms with van der Waals surface area (Å²) < 4.78 is 0. The fourth-order valence-electron chi connectivity index (χ4n) is 2.72. The summed E-state index contributed by atoms with van der Waals surface area (Å²) in [5.41, 5.74) is 0. The Kier molecular flexibility index (Phi) is 3.46. The van der Waals surface area contributed by atoms with Crippen molar-refractivity contribution < 1.29 is 9.59 Å². The Morgan fingerprint density at radius 1 is 1.31 bits per heavy atom. The van der Waals surface area contributed by atoms with Gasteiger partial charge in [0.25, 0.3) is 0 Å². The lowest BCUT2D eigenvalue weighted by molar-refractivity contribution is -0.135. The summed E-state index contributed by atoms with van der Waals surface area (Å²) in [6, 6.07) is 0.0878. The van der Waals surface area contributed by atoms with Crippen LogP contribution >= 0.6 is 0 Å². The number of rotatable bonds is 2. The van der Waals surface area contributed by atoms with E-state index in [1.54, 1.807) is 0 Å². The molecular formula is C12H20N2O2. The van der Waals surface area contributed by atoms with E-state index in [0.717, 1.165) is 12.8 Å².